The van der Waals surface area contributed by atoms with E-state index < -0.39 is 142 Å². The molecule has 30 heavy (non-hydrogen) atoms. The van der Waals surface area contributed by atoms with Gasteiger partial charge in [-0.15, -0.1) is 0 Å². The number of ether oxygens (including phenoxy) is 1. The summed E-state index contributed by atoms with van der Waals surface area (Å²) in [4.78, 5) is 0. The van der Waals surface area contributed by atoms with Crippen LogP contribution in [-0.2, 0) is 17.7 Å². The Hall–Kier alpha value is -1.92. The first-order valence-corrected chi connectivity index (χ1v) is 7.94. The molecule has 1 atom stereocenters. The molecule has 0 aliphatic carbocycles. The molecule has 0 aliphatic rings. The van der Waals surface area contributed by atoms with Crippen molar-refractivity contribution in [1.82, 2.24) is 5.32 Å². The van der Waals surface area contributed by atoms with Crippen molar-refractivity contribution in [3.05, 3.63) is 65.1 Å². The van der Waals surface area contributed by atoms with Crippen molar-refractivity contribution in [2.24, 2.45) is 0 Å². The molecular weight excluding hydrogens is 378 g/mol. The second-order valence-corrected chi connectivity index (χ2v) is 4.81. The highest BCUT2D eigenvalue weighted by Gasteiger charge is 2.09. The minimum Gasteiger partial charge on any atom is -0.508 e. The molecule has 0 spiro atoms. The number of hydrogen-bond acceptors (Lipinski definition) is 5. The minimum atomic E-state index is -4.80. The predicted molar refractivity (Wildman–Crippen MR) is 121 cm³/mol. The third kappa shape index (κ3) is 9.72. The van der Waals surface area contributed by atoms with Gasteiger partial charge in [0.15, 0.2) is 0 Å². The van der Waals surface area contributed by atoms with Crippen LogP contribution < -0.4 is 5.32 Å². The van der Waals surface area contributed by atoms with Gasteiger partial charge in [0.2, 0.25) is 0 Å². The van der Waals surface area contributed by atoms with Crippen LogP contribution in [0.15, 0.2) is 48.4 Å². The van der Waals surface area contributed by atoms with Crippen molar-refractivity contribution in [1.29, 1.82) is 0 Å². The van der Waals surface area contributed by atoms with Crippen LogP contribution in [0.4, 0.5) is 0 Å². The summed E-state index contributed by atoms with van der Waals surface area (Å²) < 4.78 is 239. The summed E-state index contributed by atoms with van der Waals surface area (Å²) in [6.07, 6.45) is -35.2. The predicted octanol–water partition coefficient (Wildman–Crippen LogP) is 4.11. The van der Waals surface area contributed by atoms with E-state index in [2.05, 4.69) is 4.74 Å². The molecule has 0 aliphatic heterocycles. The molecule has 5 heteroatoms. The molecular formula is C25H37NO4. The molecule has 4 N–H and O–H groups in total. The summed E-state index contributed by atoms with van der Waals surface area (Å²) in [5, 5.41) is 32.1. The molecule has 2 aromatic rings. The second-order valence-electron chi connectivity index (χ2n) is 4.81. The first kappa shape index (κ1) is 6.10. The molecule has 0 saturated carbocycles. The molecule has 0 aromatic heterocycles. The van der Waals surface area contributed by atoms with E-state index in [1.54, 1.807) is 0 Å². The maximum Gasteiger partial charge on any atom is 0.121 e. The van der Waals surface area contributed by atoms with Crippen molar-refractivity contribution >= 4 is 0 Å². The summed E-state index contributed by atoms with van der Waals surface area (Å²) in [5.74, 6) is -1.47. The lowest BCUT2D eigenvalue weighted by atomic mass is 10.1. The molecule has 0 saturated heterocycles. The highest BCUT2D eigenvalue weighted by molar-refractivity contribution is 5.36. The summed E-state index contributed by atoms with van der Waals surface area (Å²) in [5.41, 5.74) is -4.04. The monoisotopic (exact) mass is 444 g/mol. The Balaban J connectivity index is 2.60. The lowest BCUT2D eigenvalue weighted by Gasteiger charge is -2.14. The van der Waals surface area contributed by atoms with E-state index in [1.807, 2.05) is 0 Å². The first-order valence-electron chi connectivity index (χ1n) is 22.4. The summed E-state index contributed by atoms with van der Waals surface area (Å²) in [6, 6.07) is -5.47. The van der Waals surface area contributed by atoms with Crippen LogP contribution >= 0.6 is 0 Å². The first-order chi connectivity index (χ1) is 25.6. The molecule has 166 valence electrons. The SMILES string of the molecule is [2H]c1cc([2H])c(C([2H])([2H])C([2H])([2H])C([2H])([2H])C([2H])([2H])OC([2H])([2H])C([2H])([2H])C([2H])([2H])C([2H])([2H])C([2H])([2H])C([2H])([2H])NCC([2H])(O)c2c([2H])c([2H])c(O)c(C([2H])([2H])O)c2[2H])c([2H])c1. The van der Waals surface area contributed by atoms with Gasteiger partial charge in [-0.05, 0) is 61.6 Å². The van der Waals surface area contributed by atoms with E-state index >= 15 is 0 Å². The van der Waals surface area contributed by atoms with Crippen molar-refractivity contribution < 1.29 is 59.8 Å². The number of nitrogens with one attached hydrogen (secondary N) is 1. The van der Waals surface area contributed by atoms with E-state index in [9.17, 15) is 15.3 Å². The van der Waals surface area contributed by atoms with Gasteiger partial charge in [0.25, 0.3) is 0 Å². The van der Waals surface area contributed by atoms with Gasteiger partial charge in [0.1, 0.15) is 5.75 Å². The van der Waals surface area contributed by atoms with Gasteiger partial charge in [-0.25, -0.2) is 0 Å². The van der Waals surface area contributed by atoms with Gasteiger partial charge in [0.05, 0.1) is 30.5 Å². The average Bonchev–Trinajstić information content (AvgIpc) is 3.00. The number of phenols is 1. The zero-order chi connectivity index (χ0) is 47.3. The Morgan fingerprint density at radius 2 is 1.77 bits per heavy atom. The normalized spacial score (nSPS) is 32.7. The Labute approximate surface area is 221 Å². The van der Waals surface area contributed by atoms with Crippen LogP contribution in [0.1, 0.15) is 101 Å². The molecule has 0 amide bonds. The number of hydrogen-bond donors (Lipinski definition) is 4. The van der Waals surface area contributed by atoms with Gasteiger partial charge in [-0.2, -0.15) is 0 Å². The Bertz CT molecular complexity index is 1900. The standard InChI is InChI=1S/C25H37NO4/c27-20-23-18-22(13-14-24(23)28)25(29)19-26-15-7-1-2-8-16-30-17-9-6-12-21-10-4-3-5-11-21/h3-5,10-11,13-14,18,25-29H,1-2,6-9,12,15-17,19-20H2/i1D2,2D2,3D,6D2,7D2,8D2,9D2,10D,11D,12D2,13D,14D,15D2,16D2,17D2,18D,20D2,25D. The van der Waals surface area contributed by atoms with E-state index in [0.717, 1.165) is 0 Å². The molecule has 5 nitrogen and oxygen atoms in total. The van der Waals surface area contributed by atoms with Crippen LogP contribution in [0, 0.1) is 0 Å². The van der Waals surface area contributed by atoms with E-state index in [1.165, 1.54) is 5.32 Å². The summed E-state index contributed by atoms with van der Waals surface area (Å²) in [6.45, 7) is -18.9. The Morgan fingerprint density at radius 3 is 2.53 bits per heavy atom. The maximum atomic E-state index is 10.8. The Morgan fingerprint density at radius 1 is 1.03 bits per heavy atom. The number of benzene rings is 2. The number of aromatic hydroxyl groups is 1. The van der Waals surface area contributed by atoms with Crippen LogP contribution in [0.2, 0.25) is 0 Å². The summed E-state index contributed by atoms with van der Waals surface area (Å²) >= 11 is 0. The van der Waals surface area contributed by atoms with E-state index in [4.69, 9.17) is 39.8 Å². The largest absolute Gasteiger partial charge is 0.508 e. The van der Waals surface area contributed by atoms with Crippen LogP contribution in [0.25, 0.3) is 0 Å². The molecule has 0 radical (unpaired) electrons. The molecule has 0 fully saturated rings. The lowest BCUT2D eigenvalue weighted by Crippen LogP contribution is -2.22. The van der Waals surface area contributed by atoms with E-state index in [0.29, 0.717) is 12.1 Å². The minimum absolute atomic E-state index is 0.523. The fraction of sp³-hybridized carbons (Fsp3) is 0.520. The maximum absolute atomic E-state index is 10.8. The van der Waals surface area contributed by atoms with Crippen molar-refractivity contribution in [3.63, 3.8) is 0 Å². The van der Waals surface area contributed by atoms with Gasteiger partial charge >= 0.3 is 0 Å². The smallest absolute Gasteiger partial charge is 0.121 e. The van der Waals surface area contributed by atoms with Gasteiger partial charge in [-0.3, -0.25) is 0 Å². The molecule has 0 heterocycles. The zero-order valence-corrected chi connectivity index (χ0v) is 15.1. The van der Waals surface area contributed by atoms with Gasteiger partial charge in [-0.1, -0.05) is 49.0 Å². The van der Waals surface area contributed by atoms with Crippen molar-refractivity contribution in [2.45, 2.75) is 57.2 Å². The summed E-state index contributed by atoms with van der Waals surface area (Å²) in [7, 11) is 0. The van der Waals surface area contributed by atoms with Crippen molar-refractivity contribution in [3.8, 4) is 5.75 Å². The quantitative estimate of drug-likeness (QED) is 0.313. The fourth-order valence-electron chi connectivity index (χ4n) is 1.58. The lowest BCUT2D eigenvalue weighted by molar-refractivity contribution is 0.126. The molecule has 0 bridgehead atoms. The van der Waals surface area contributed by atoms with E-state index in [-0.39, 0.29) is 0 Å². The number of aliphatic hydroxyl groups is 2. The van der Waals surface area contributed by atoms with Crippen LogP contribution in [0.5, 0.6) is 5.75 Å². The fourth-order valence-corrected chi connectivity index (χ4v) is 1.58. The molecule has 2 aromatic carbocycles. The van der Waals surface area contributed by atoms with Gasteiger partial charge < -0.3 is 25.4 Å². The highest BCUT2D eigenvalue weighted by Crippen LogP contribution is 2.22. The molecule has 1 unspecified atom stereocenters. The zero-order valence-electron chi connectivity index (χ0n) is 44.1. The van der Waals surface area contributed by atoms with Crippen LogP contribution in [-0.4, -0.2) is 41.5 Å². The Kier molecular flexibility index (Phi) is 3.05. The number of rotatable bonds is 16. The highest BCUT2D eigenvalue weighted by atomic mass is 16.5. The van der Waals surface area contributed by atoms with Crippen molar-refractivity contribution in [2.75, 3.05) is 26.2 Å². The van der Waals surface area contributed by atoms with Crippen LogP contribution in [0.3, 0.4) is 0 Å². The second kappa shape index (κ2) is 15.0. The third-order valence-electron chi connectivity index (χ3n) is 2.84. The molecule has 2 rings (SSSR count). The van der Waals surface area contributed by atoms with Gasteiger partial charge in [0, 0.05) is 47.2 Å². The third-order valence-corrected chi connectivity index (χ3v) is 2.84. The topological polar surface area (TPSA) is 82.0 Å². The average molecular weight is 445 g/mol.